The molecule has 0 unspecified atom stereocenters. The Kier molecular flexibility index (Phi) is 2.38. The van der Waals surface area contributed by atoms with Crippen LogP contribution < -0.4 is 11.3 Å². The van der Waals surface area contributed by atoms with Gasteiger partial charge in [-0.05, 0) is 12.1 Å². The van der Waals surface area contributed by atoms with Crippen LogP contribution in [-0.2, 0) is 0 Å². The summed E-state index contributed by atoms with van der Waals surface area (Å²) in [6, 6.07) is 5.07. The first-order valence-electron chi connectivity index (χ1n) is 2.62. The Labute approximate surface area is 68.9 Å². The van der Waals surface area contributed by atoms with E-state index < -0.39 is 0 Å². The Morgan fingerprint density at radius 3 is 2.00 bits per heavy atom. The fourth-order valence-corrected chi connectivity index (χ4v) is 1.11. The van der Waals surface area contributed by atoms with E-state index in [1.165, 1.54) is 0 Å². The maximum Gasteiger partial charge on any atom is 0.0874 e. The first-order chi connectivity index (χ1) is 4.75. The number of rotatable bonds is 1. The van der Waals surface area contributed by atoms with Gasteiger partial charge in [0, 0.05) is 0 Å². The second kappa shape index (κ2) is 3.10. The number of nitrogens with one attached hydrogen (secondary N) is 2. The highest BCUT2D eigenvalue weighted by molar-refractivity contribution is 6.39. The van der Waals surface area contributed by atoms with Crippen LogP contribution in [0.25, 0.3) is 0 Å². The Hall–Kier alpha value is -0.440. The van der Waals surface area contributed by atoms with Gasteiger partial charge in [-0.3, -0.25) is 0 Å². The average Bonchev–Trinajstić information content (AvgIpc) is 1.88. The van der Waals surface area contributed by atoms with Crippen LogP contribution in [0.3, 0.4) is 0 Å². The van der Waals surface area contributed by atoms with Gasteiger partial charge in [-0.25, -0.2) is 0 Å². The molecule has 53 valence electrons. The molecule has 0 aliphatic rings. The van der Waals surface area contributed by atoms with Crippen molar-refractivity contribution < 1.29 is 0 Å². The molecule has 1 aromatic rings. The van der Waals surface area contributed by atoms with Crippen molar-refractivity contribution in [1.29, 1.82) is 0 Å². The molecule has 0 aliphatic heterocycles. The van der Waals surface area contributed by atoms with Crippen molar-refractivity contribution in [2.24, 2.45) is 0 Å². The predicted octanol–water partition coefficient (Wildman–Crippen LogP) is 2.60. The van der Waals surface area contributed by atoms with Crippen LogP contribution >= 0.6 is 23.2 Å². The second-order valence-corrected chi connectivity index (χ2v) is 2.54. The molecule has 10 heavy (non-hydrogen) atoms. The summed E-state index contributed by atoms with van der Waals surface area (Å²) in [4.78, 5) is 0. The van der Waals surface area contributed by atoms with Crippen LogP contribution in [0.15, 0.2) is 18.2 Å². The lowest BCUT2D eigenvalue weighted by Gasteiger charge is -2.02. The summed E-state index contributed by atoms with van der Waals surface area (Å²) >= 11 is 11.3. The van der Waals surface area contributed by atoms with Gasteiger partial charge in [-0.2, -0.15) is 5.84 Å². The first kappa shape index (κ1) is 7.66. The molecule has 0 aliphatic carbocycles. The summed E-state index contributed by atoms with van der Waals surface area (Å²) in [6.07, 6.45) is 0. The zero-order valence-corrected chi connectivity index (χ0v) is 6.50. The lowest BCUT2D eigenvalue weighted by atomic mass is 10.3. The minimum absolute atomic E-state index is 0.450. The van der Waals surface area contributed by atoms with Gasteiger partial charge >= 0.3 is 0 Å². The van der Waals surface area contributed by atoms with Crippen molar-refractivity contribution in [2.75, 3.05) is 5.43 Å². The van der Waals surface area contributed by atoms with Gasteiger partial charge in [0.2, 0.25) is 0 Å². The van der Waals surface area contributed by atoms with Crippen LogP contribution in [0, 0.1) is 0 Å². The van der Waals surface area contributed by atoms with Gasteiger partial charge in [0.15, 0.2) is 0 Å². The second-order valence-electron chi connectivity index (χ2n) is 1.72. The van der Waals surface area contributed by atoms with Crippen LogP contribution in [0.5, 0.6) is 0 Å². The molecule has 0 saturated carbocycles. The number of halogens is 2. The topological polar surface area (TPSA) is 35.8 Å². The number of hydrogen-bond acceptors (Lipinski definition) is 1. The average molecular weight is 176 g/mol. The van der Waals surface area contributed by atoms with Crippen molar-refractivity contribution in [2.45, 2.75) is 0 Å². The van der Waals surface area contributed by atoms with Crippen molar-refractivity contribution in [3.8, 4) is 0 Å². The molecule has 1 rings (SSSR count). The molecule has 0 atom stereocenters. The SMILES string of the molecule is [NH]Nc1c(Cl)cccc1Cl. The molecule has 0 aromatic heterocycles. The van der Waals surface area contributed by atoms with E-state index in [1.54, 1.807) is 18.2 Å². The molecule has 0 amide bonds. The first-order valence-corrected chi connectivity index (χ1v) is 3.38. The van der Waals surface area contributed by atoms with Gasteiger partial charge in [0.25, 0.3) is 0 Å². The lowest BCUT2D eigenvalue weighted by molar-refractivity contribution is 1.29. The van der Waals surface area contributed by atoms with E-state index in [9.17, 15) is 0 Å². The normalized spacial score (nSPS) is 9.50. The van der Waals surface area contributed by atoms with Gasteiger partial charge < -0.3 is 5.43 Å². The third-order valence-corrected chi connectivity index (χ3v) is 1.72. The summed E-state index contributed by atoms with van der Waals surface area (Å²) < 4.78 is 0. The third kappa shape index (κ3) is 1.34. The van der Waals surface area contributed by atoms with Crippen LogP contribution in [0.1, 0.15) is 0 Å². The fraction of sp³-hybridized carbons (Fsp3) is 0. The Balaban J connectivity index is 3.17. The summed E-state index contributed by atoms with van der Waals surface area (Å²) in [5, 5.41) is 0.921. The molecule has 2 nitrogen and oxygen atoms in total. The van der Waals surface area contributed by atoms with Crippen molar-refractivity contribution in [1.82, 2.24) is 5.84 Å². The summed E-state index contributed by atoms with van der Waals surface area (Å²) in [5.74, 6) is 6.81. The van der Waals surface area contributed by atoms with E-state index in [0.29, 0.717) is 15.7 Å². The number of benzene rings is 1. The van der Waals surface area contributed by atoms with Crippen LogP contribution in [0.2, 0.25) is 10.0 Å². The van der Waals surface area contributed by atoms with Gasteiger partial charge in [0.05, 0.1) is 15.7 Å². The standard InChI is InChI=1S/C6H5Cl2N2/c7-4-2-1-3-5(8)6(4)10-9/h1-3,9-10H. The minimum Gasteiger partial charge on any atom is -0.304 e. The van der Waals surface area contributed by atoms with Gasteiger partial charge in [0.1, 0.15) is 0 Å². The van der Waals surface area contributed by atoms with E-state index >= 15 is 0 Å². The quantitative estimate of drug-likeness (QED) is 0.655. The summed E-state index contributed by atoms with van der Waals surface area (Å²) in [6.45, 7) is 0. The maximum absolute atomic E-state index is 6.81. The fourth-order valence-electron chi connectivity index (χ4n) is 0.617. The zero-order valence-electron chi connectivity index (χ0n) is 4.99. The monoisotopic (exact) mass is 175 g/mol. The highest BCUT2D eigenvalue weighted by Gasteiger charge is 2.01. The lowest BCUT2D eigenvalue weighted by Crippen LogP contribution is -1.93. The molecule has 4 heteroatoms. The molecule has 1 aromatic carbocycles. The number of hydrogen-bond donors (Lipinski definition) is 1. The van der Waals surface area contributed by atoms with E-state index in [1.807, 2.05) is 0 Å². The van der Waals surface area contributed by atoms with E-state index in [2.05, 4.69) is 5.43 Å². The van der Waals surface area contributed by atoms with Crippen LogP contribution in [-0.4, -0.2) is 0 Å². The Morgan fingerprint density at radius 2 is 1.70 bits per heavy atom. The zero-order chi connectivity index (χ0) is 7.56. The number of anilines is 1. The molecular formula is C6H5Cl2N2. The highest BCUT2D eigenvalue weighted by Crippen LogP contribution is 2.28. The van der Waals surface area contributed by atoms with Crippen molar-refractivity contribution in [3.05, 3.63) is 28.2 Å². The highest BCUT2D eigenvalue weighted by atomic mass is 35.5. The Bertz CT molecular complexity index is 217. The maximum atomic E-state index is 6.81. The van der Waals surface area contributed by atoms with Crippen molar-refractivity contribution in [3.63, 3.8) is 0 Å². The minimum atomic E-state index is 0.450. The van der Waals surface area contributed by atoms with E-state index in [0.717, 1.165) is 0 Å². The summed E-state index contributed by atoms with van der Waals surface area (Å²) in [7, 11) is 0. The molecule has 0 heterocycles. The molecular weight excluding hydrogens is 171 g/mol. The van der Waals surface area contributed by atoms with Gasteiger partial charge in [-0.15, -0.1) is 0 Å². The molecule has 0 bridgehead atoms. The third-order valence-electron chi connectivity index (χ3n) is 1.09. The largest absolute Gasteiger partial charge is 0.304 e. The smallest absolute Gasteiger partial charge is 0.0874 e. The molecule has 0 spiro atoms. The molecule has 1 radical (unpaired) electrons. The molecule has 0 fully saturated rings. The predicted molar refractivity (Wildman–Crippen MR) is 43.2 cm³/mol. The number of para-hydroxylation sites is 1. The summed E-state index contributed by atoms with van der Waals surface area (Å²) in [5.41, 5.74) is 2.60. The van der Waals surface area contributed by atoms with E-state index in [-0.39, 0.29) is 0 Å². The van der Waals surface area contributed by atoms with Gasteiger partial charge in [-0.1, -0.05) is 29.3 Å². The van der Waals surface area contributed by atoms with Crippen LogP contribution in [0.4, 0.5) is 5.69 Å². The Morgan fingerprint density at radius 1 is 1.20 bits per heavy atom. The molecule has 2 N–H and O–H groups in total. The molecule has 0 saturated heterocycles. The van der Waals surface area contributed by atoms with E-state index in [4.69, 9.17) is 29.0 Å². The van der Waals surface area contributed by atoms with Crippen molar-refractivity contribution >= 4 is 28.9 Å².